The largest absolute Gasteiger partial charge is 0.497 e. The van der Waals surface area contributed by atoms with Crippen LogP contribution in [0.3, 0.4) is 0 Å². The summed E-state index contributed by atoms with van der Waals surface area (Å²) in [5.41, 5.74) is 2.70. The highest BCUT2D eigenvalue weighted by atomic mass is 32.2. The summed E-state index contributed by atoms with van der Waals surface area (Å²) >= 11 is 1.26. The molecule has 1 aromatic heterocycles. The van der Waals surface area contributed by atoms with Gasteiger partial charge < -0.3 is 24.1 Å². The van der Waals surface area contributed by atoms with E-state index < -0.39 is 0 Å². The van der Waals surface area contributed by atoms with E-state index in [9.17, 15) is 9.59 Å². The summed E-state index contributed by atoms with van der Waals surface area (Å²) in [5, 5.41) is 18.1. The molecular weight excluding hydrogens is 568 g/mol. The van der Waals surface area contributed by atoms with Crippen molar-refractivity contribution in [2.24, 2.45) is 12.1 Å². The summed E-state index contributed by atoms with van der Waals surface area (Å²) in [6.45, 7) is 0.0678. The third-order valence-corrected chi connectivity index (χ3v) is 7.90. The number of para-hydroxylation sites is 1. The molecule has 0 fully saturated rings. The monoisotopic (exact) mass is 600 g/mol. The first-order chi connectivity index (χ1) is 20.9. The molecule has 5 rings (SSSR count). The summed E-state index contributed by atoms with van der Waals surface area (Å²) in [6.07, 6.45) is 0.566. The fourth-order valence-corrected chi connectivity index (χ4v) is 5.28. The lowest BCUT2D eigenvalue weighted by molar-refractivity contribution is -0.130. The number of methoxy groups -OCH3 is 2. The third kappa shape index (κ3) is 7.33. The molecule has 0 saturated carbocycles. The Bertz CT molecular complexity index is 1570. The topological polar surface area (TPSA) is 120 Å². The number of amides is 2. The number of carbonyl (C=O) groups is 2. The zero-order chi connectivity index (χ0) is 30.2. The maximum Gasteiger partial charge on any atom is 0.258 e. The Kier molecular flexibility index (Phi) is 9.57. The van der Waals surface area contributed by atoms with Crippen LogP contribution in [0.5, 0.6) is 17.2 Å². The number of aromatic nitrogens is 3. The molecule has 12 heteroatoms. The highest BCUT2D eigenvalue weighted by Crippen LogP contribution is 2.34. The molecule has 1 atom stereocenters. The second kappa shape index (κ2) is 13.9. The molecule has 0 spiro atoms. The van der Waals surface area contributed by atoms with Gasteiger partial charge in [0.1, 0.15) is 17.2 Å². The van der Waals surface area contributed by atoms with Gasteiger partial charge in [-0.05, 0) is 59.7 Å². The van der Waals surface area contributed by atoms with Gasteiger partial charge in [-0.1, -0.05) is 42.1 Å². The number of nitrogens with zero attached hydrogens (tertiary/aromatic N) is 5. The summed E-state index contributed by atoms with van der Waals surface area (Å²) in [4.78, 5) is 25.8. The molecule has 1 N–H and O–H groups in total. The van der Waals surface area contributed by atoms with E-state index >= 15 is 0 Å². The van der Waals surface area contributed by atoms with Gasteiger partial charge in [0.25, 0.3) is 11.8 Å². The van der Waals surface area contributed by atoms with Gasteiger partial charge in [0, 0.05) is 13.5 Å². The number of nitrogens with one attached hydrogen (secondary N) is 1. The first-order valence-electron chi connectivity index (χ1n) is 13.6. The molecule has 2 heterocycles. The van der Waals surface area contributed by atoms with Crippen molar-refractivity contribution in [1.82, 2.24) is 25.1 Å². The average Bonchev–Trinajstić information content (AvgIpc) is 3.66. The fourth-order valence-electron chi connectivity index (χ4n) is 4.50. The number of carbonyl (C=O) groups excluding carboxylic acids is 2. The number of rotatable bonds is 12. The quantitative estimate of drug-likeness (QED) is 0.243. The van der Waals surface area contributed by atoms with Crippen LogP contribution in [-0.2, 0) is 23.2 Å². The van der Waals surface area contributed by atoms with Crippen molar-refractivity contribution >= 4 is 29.3 Å². The maximum absolute atomic E-state index is 13.5. The second-order valence-corrected chi connectivity index (χ2v) is 10.6. The van der Waals surface area contributed by atoms with E-state index in [2.05, 4.69) is 15.5 Å². The molecule has 0 bridgehead atoms. The number of thioether (sulfide) groups is 1. The number of hydrazone groups is 1. The predicted octanol–water partition coefficient (Wildman–Crippen LogP) is 4.00. The van der Waals surface area contributed by atoms with E-state index in [-0.39, 0.29) is 36.8 Å². The zero-order valence-electron chi connectivity index (χ0n) is 24.1. The molecule has 11 nitrogen and oxygen atoms in total. The Morgan fingerprint density at radius 3 is 2.26 bits per heavy atom. The van der Waals surface area contributed by atoms with Gasteiger partial charge in [-0.2, -0.15) is 5.10 Å². The lowest BCUT2D eigenvalue weighted by atomic mass is 9.98. The van der Waals surface area contributed by atoms with E-state index in [1.165, 1.54) is 11.8 Å². The van der Waals surface area contributed by atoms with Crippen LogP contribution in [0.2, 0.25) is 0 Å². The van der Waals surface area contributed by atoms with Crippen LogP contribution in [0.25, 0.3) is 0 Å². The van der Waals surface area contributed by atoms with Crippen molar-refractivity contribution in [1.29, 1.82) is 0 Å². The number of hydrogen-bond acceptors (Lipinski definition) is 9. The highest BCUT2D eigenvalue weighted by Gasteiger charge is 2.33. The Balaban J connectivity index is 1.22. The van der Waals surface area contributed by atoms with Crippen LogP contribution in [0.4, 0.5) is 0 Å². The predicted molar refractivity (Wildman–Crippen MR) is 162 cm³/mol. The Morgan fingerprint density at radius 2 is 1.58 bits per heavy atom. The third-order valence-electron chi connectivity index (χ3n) is 6.90. The molecule has 0 aliphatic carbocycles. The van der Waals surface area contributed by atoms with Crippen LogP contribution in [-0.4, -0.2) is 63.9 Å². The molecule has 0 radical (unpaired) electrons. The smallest absolute Gasteiger partial charge is 0.258 e. The van der Waals surface area contributed by atoms with Gasteiger partial charge >= 0.3 is 0 Å². The molecule has 222 valence electrons. The van der Waals surface area contributed by atoms with Crippen molar-refractivity contribution in [2.75, 3.05) is 26.6 Å². The molecule has 3 aromatic carbocycles. The highest BCUT2D eigenvalue weighted by molar-refractivity contribution is 7.99. The zero-order valence-corrected chi connectivity index (χ0v) is 24.9. The maximum atomic E-state index is 13.5. The van der Waals surface area contributed by atoms with E-state index in [0.717, 1.165) is 28.3 Å². The normalized spacial score (nSPS) is 14.3. The van der Waals surface area contributed by atoms with Crippen molar-refractivity contribution in [3.8, 4) is 17.2 Å². The molecule has 0 saturated heterocycles. The lowest BCUT2D eigenvalue weighted by Gasteiger charge is -2.22. The van der Waals surface area contributed by atoms with Crippen LogP contribution < -0.4 is 19.5 Å². The van der Waals surface area contributed by atoms with E-state index in [4.69, 9.17) is 19.3 Å². The minimum absolute atomic E-state index is 0.106. The first-order valence-corrected chi connectivity index (χ1v) is 14.6. The van der Waals surface area contributed by atoms with Gasteiger partial charge in [-0.15, -0.1) is 10.2 Å². The molecule has 43 heavy (non-hydrogen) atoms. The van der Waals surface area contributed by atoms with Crippen molar-refractivity contribution < 1.29 is 23.8 Å². The first kappa shape index (κ1) is 29.6. The Hall–Kier alpha value is -4.84. The lowest BCUT2D eigenvalue weighted by Crippen LogP contribution is -2.29. The standard InChI is InChI=1S/C31H32N6O5S/c1-36-28(18-32-29(38)19-42-25-7-5-4-6-8-25)33-34-31(36)43-20-30(39)37-27(22-11-15-24(41-3)16-12-22)17-26(35-37)21-9-13-23(40-2)14-10-21/h4-16,27H,17-20H2,1-3H3,(H,32,38)/t27-/m0/s1. The molecule has 0 unspecified atom stereocenters. The summed E-state index contributed by atoms with van der Waals surface area (Å²) < 4.78 is 17.8. The van der Waals surface area contributed by atoms with Gasteiger partial charge in [0.05, 0.1) is 38.3 Å². The molecule has 1 aliphatic heterocycles. The van der Waals surface area contributed by atoms with Crippen molar-refractivity contribution in [2.45, 2.75) is 24.2 Å². The summed E-state index contributed by atoms with van der Waals surface area (Å²) in [6, 6.07) is 24.2. The molecular formula is C31H32N6O5S. The number of benzene rings is 3. The fraction of sp³-hybridized carbons (Fsp3) is 0.258. The van der Waals surface area contributed by atoms with Crippen LogP contribution in [0.1, 0.15) is 29.4 Å². The molecule has 1 aliphatic rings. The SMILES string of the molecule is COc1ccc(C2=NN(C(=O)CSc3nnc(CNC(=O)COc4ccccc4)n3C)[C@H](c3ccc(OC)cc3)C2)cc1. The minimum Gasteiger partial charge on any atom is -0.497 e. The summed E-state index contributed by atoms with van der Waals surface area (Å²) in [7, 11) is 5.04. The number of ether oxygens (including phenoxy) is 3. The molecule has 4 aromatic rings. The van der Waals surface area contributed by atoms with Gasteiger partial charge in [-0.25, -0.2) is 5.01 Å². The van der Waals surface area contributed by atoms with Crippen molar-refractivity contribution in [3.05, 3.63) is 95.8 Å². The van der Waals surface area contributed by atoms with Crippen LogP contribution in [0.15, 0.2) is 89.1 Å². The second-order valence-electron chi connectivity index (χ2n) is 9.63. The van der Waals surface area contributed by atoms with E-state index in [1.54, 1.807) is 43.0 Å². The minimum atomic E-state index is -0.277. The molecule has 2 amide bonds. The average molecular weight is 601 g/mol. The van der Waals surface area contributed by atoms with Gasteiger partial charge in [0.2, 0.25) is 0 Å². The summed E-state index contributed by atoms with van der Waals surface area (Å²) in [5.74, 6) is 2.33. The van der Waals surface area contributed by atoms with Gasteiger partial charge in [0.15, 0.2) is 17.6 Å². The van der Waals surface area contributed by atoms with Crippen LogP contribution >= 0.6 is 11.8 Å². The van der Waals surface area contributed by atoms with Crippen LogP contribution in [0, 0.1) is 0 Å². The van der Waals surface area contributed by atoms with Gasteiger partial charge in [-0.3, -0.25) is 9.59 Å². The van der Waals surface area contributed by atoms with E-state index in [1.807, 2.05) is 66.7 Å². The number of hydrogen-bond donors (Lipinski definition) is 1. The Labute approximate surface area is 253 Å². The Morgan fingerprint density at radius 1 is 0.907 bits per heavy atom. The van der Waals surface area contributed by atoms with E-state index in [0.29, 0.717) is 23.2 Å². The van der Waals surface area contributed by atoms with Crippen molar-refractivity contribution in [3.63, 3.8) is 0 Å².